The van der Waals surface area contributed by atoms with Crippen LogP contribution >= 0.6 is 0 Å². The first kappa shape index (κ1) is 15.3. The first-order chi connectivity index (χ1) is 10.8. The van der Waals surface area contributed by atoms with E-state index in [9.17, 15) is 4.79 Å². The summed E-state index contributed by atoms with van der Waals surface area (Å²) in [7, 11) is 0. The Morgan fingerprint density at radius 2 is 2.23 bits per heavy atom. The van der Waals surface area contributed by atoms with Gasteiger partial charge in [-0.2, -0.15) is 0 Å². The number of amides is 1. The molecule has 3 rings (SSSR count). The molecule has 4 heteroatoms. The number of rotatable bonds is 8. The topological polar surface area (TPSA) is 41.6 Å². The fourth-order valence-corrected chi connectivity index (χ4v) is 3.07. The Bertz CT molecular complexity index is 514. The minimum absolute atomic E-state index is 0.351. The summed E-state index contributed by atoms with van der Waals surface area (Å²) < 4.78 is 5.66. The number of carbonyl (C=O) groups is 1. The fourth-order valence-electron chi connectivity index (χ4n) is 3.07. The lowest BCUT2D eigenvalue weighted by Gasteiger charge is -2.15. The summed E-state index contributed by atoms with van der Waals surface area (Å²) >= 11 is 0. The van der Waals surface area contributed by atoms with Crippen molar-refractivity contribution >= 4 is 5.91 Å². The lowest BCUT2D eigenvalue weighted by Crippen LogP contribution is -2.29. The second-order valence-electron chi connectivity index (χ2n) is 6.47. The highest BCUT2D eigenvalue weighted by Gasteiger charge is 2.38. The Balaban J connectivity index is 1.42. The number of carbonyl (C=O) groups excluding carboxylic acids is 1. The Morgan fingerprint density at radius 1 is 1.36 bits per heavy atom. The molecule has 1 unspecified atom stereocenters. The molecule has 2 aliphatic rings. The van der Waals surface area contributed by atoms with Gasteiger partial charge in [-0.05, 0) is 42.9 Å². The van der Waals surface area contributed by atoms with Gasteiger partial charge < -0.3 is 15.0 Å². The minimum atomic E-state index is 0.351. The molecule has 1 aliphatic heterocycles. The molecular formula is C18H26N2O2. The van der Waals surface area contributed by atoms with Crippen LogP contribution in [0, 0.1) is 5.92 Å². The van der Waals surface area contributed by atoms with Crippen LogP contribution in [0.15, 0.2) is 24.3 Å². The van der Waals surface area contributed by atoms with Crippen LogP contribution < -0.4 is 10.1 Å². The van der Waals surface area contributed by atoms with E-state index in [0.29, 0.717) is 24.3 Å². The van der Waals surface area contributed by atoms with Crippen molar-refractivity contribution < 1.29 is 9.53 Å². The maximum absolute atomic E-state index is 11.9. The Kier molecular flexibility index (Phi) is 4.98. The van der Waals surface area contributed by atoms with Crippen molar-refractivity contribution in [3.8, 4) is 5.75 Å². The van der Waals surface area contributed by atoms with Crippen LogP contribution in [-0.4, -0.2) is 36.5 Å². The van der Waals surface area contributed by atoms with Crippen LogP contribution in [0.4, 0.5) is 0 Å². The van der Waals surface area contributed by atoms with E-state index in [0.717, 1.165) is 38.4 Å². The molecule has 1 saturated carbocycles. The SMILES string of the molecule is CCCOc1cccc(CNCC2CC(=O)N(C3CC3)C2)c1. The van der Waals surface area contributed by atoms with E-state index in [1.54, 1.807) is 0 Å². The van der Waals surface area contributed by atoms with E-state index in [1.165, 1.54) is 18.4 Å². The van der Waals surface area contributed by atoms with E-state index in [4.69, 9.17) is 4.74 Å². The Morgan fingerprint density at radius 3 is 3.00 bits per heavy atom. The van der Waals surface area contributed by atoms with Gasteiger partial charge in [0.2, 0.25) is 5.91 Å². The van der Waals surface area contributed by atoms with Gasteiger partial charge in [-0.1, -0.05) is 19.1 Å². The standard InChI is InChI=1S/C18H26N2O2/c1-2-8-22-17-5-3-4-14(9-17)11-19-12-15-10-18(21)20(13-15)16-6-7-16/h3-5,9,15-16,19H,2,6-8,10-13H2,1H3. The van der Waals surface area contributed by atoms with Crippen LogP contribution in [0.3, 0.4) is 0 Å². The molecule has 1 aromatic rings. The van der Waals surface area contributed by atoms with Crippen LogP contribution in [0.5, 0.6) is 5.75 Å². The van der Waals surface area contributed by atoms with Crippen LogP contribution in [0.1, 0.15) is 38.2 Å². The van der Waals surface area contributed by atoms with Gasteiger partial charge in [-0.3, -0.25) is 4.79 Å². The Labute approximate surface area is 132 Å². The van der Waals surface area contributed by atoms with Gasteiger partial charge in [0, 0.05) is 32.1 Å². The molecule has 1 aliphatic carbocycles. The minimum Gasteiger partial charge on any atom is -0.494 e. The van der Waals surface area contributed by atoms with Crippen LogP contribution in [-0.2, 0) is 11.3 Å². The zero-order chi connectivity index (χ0) is 15.4. The molecule has 1 saturated heterocycles. The third-order valence-corrected chi connectivity index (χ3v) is 4.36. The van der Waals surface area contributed by atoms with Crippen LogP contribution in [0.2, 0.25) is 0 Å². The van der Waals surface area contributed by atoms with E-state index < -0.39 is 0 Å². The predicted molar refractivity (Wildman–Crippen MR) is 86.8 cm³/mol. The second-order valence-corrected chi connectivity index (χ2v) is 6.47. The normalized spacial score (nSPS) is 21.4. The molecule has 0 radical (unpaired) electrons. The van der Waals surface area contributed by atoms with Crippen molar-refractivity contribution in [2.45, 2.75) is 45.2 Å². The highest BCUT2D eigenvalue weighted by atomic mass is 16.5. The molecule has 1 N–H and O–H groups in total. The van der Waals surface area contributed by atoms with E-state index >= 15 is 0 Å². The molecule has 0 bridgehead atoms. The van der Waals surface area contributed by atoms with E-state index in [-0.39, 0.29) is 0 Å². The van der Waals surface area contributed by atoms with Gasteiger partial charge in [0.1, 0.15) is 5.75 Å². The fraction of sp³-hybridized carbons (Fsp3) is 0.611. The third kappa shape index (κ3) is 4.01. The van der Waals surface area contributed by atoms with Crippen molar-refractivity contribution in [1.82, 2.24) is 10.2 Å². The molecule has 1 amide bonds. The van der Waals surface area contributed by atoms with Crippen LogP contribution in [0.25, 0.3) is 0 Å². The lowest BCUT2D eigenvalue weighted by molar-refractivity contribution is -0.128. The quantitative estimate of drug-likeness (QED) is 0.802. The predicted octanol–water partition coefficient (Wildman–Crippen LogP) is 2.58. The molecule has 1 atom stereocenters. The smallest absolute Gasteiger partial charge is 0.223 e. The maximum Gasteiger partial charge on any atom is 0.223 e. The lowest BCUT2D eigenvalue weighted by atomic mass is 10.1. The number of hydrogen-bond donors (Lipinski definition) is 1. The van der Waals surface area contributed by atoms with Gasteiger partial charge in [0.25, 0.3) is 0 Å². The second kappa shape index (κ2) is 7.14. The van der Waals surface area contributed by atoms with Gasteiger partial charge in [0.15, 0.2) is 0 Å². The molecule has 120 valence electrons. The van der Waals surface area contributed by atoms with Gasteiger partial charge in [-0.25, -0.2) is 0 Å². The summed E-state index contributed by atoms with van der Waals surface area (Å²) in [5, 5.41) is 3.49. The Hall–Kier alpha value is -1.55. The zero-order valence-electron chi connectivity index (χ0n) is 13.4. The summed E-state index contributed by atoms with van der Waals surface area (Å²) in [6.07, 6.45) is 4.14. The molecule has 1 aromatic carbocycles. The molecule has 0 spiro atoms. The van der Waals surface area contributed by atoms with Gasteiger partial charge in [0.05, 0.1) is 6.61 Å². The van der Waals surface area contributed by atoms with E-state index in [2.05, 4.69) is 29.3 Å². The van der Waals surface area contributed by atoms with Crippen molar-refractivity contribution in [2.75, 3.05) is 19.7 Å². The number of nitrogens with one attached hydrogen (secondary N) is 1. The highest BCUT2D eigenvalue weighted by molar-refractivity contribution is 5.79. The molecule has 2 fully saturated rings. The third-order valence-electron chi connectivity index (χ3n) is 4.36. The highest BCUT2D eigenvalue weighted by Crippen LogP contribution is 2.32. The first-order valence-corrected chi connectivity index (χ1v) is 8.48. The van der Waals surface area contributed by atoms with Gasteiger partial charge >= 0.3 is 0 Å². The van der Waals surface area contributed by atoms with Crippen molar-refractivity contribution in [3.63, 3.8) is 0 Å². The summed E-state index contributed by atoms with van der Waals surface area (Å²) in [5.41, 5.74) is 1.23. The number of benzene rings is 1. The summed E-state index contributed by atoms with van der Waals surface area (Å²) in [5.74, 6) is 1.76. The van der Waals surface area contributed by atoms with Crippen molar-refractivity contribution in [1.29, 1.82) is 0 Å². The molecule has 4 nitrogen and oxygen atoms in total. The summed E-state index contributed by atoms with van der Waals surface area (Å²) in [6, 6.07) is 8.81. The number of nitrogens with zero attached hydrogens (tertiary/aromatic N) is 1. The molecular weight excluding hydrogens is 276 g/mol. The number of likely N-dealkylation sites (tertiary alicyclic amines) is 1. The van der Waals surface area contributed by atoms with Crippen molar-refractivity contribution in [3.05, 3.63) is 29.8 Å². The van der Waals surface area contributed by atoms with Crippen molar-refractivity contribution in [2.24, 2.45) is 5.92 Å². The zero-order valence-corrected chi connectivity index (χ0v) is 13.4. The largest absolute Gasteiger partial charge is 0.494 e. The maximum atomic E-state index is 11.9. The van der Waals surface area contributed by atoms with E-state index in [1.807, 2.05) is 12.1 Å². The molecule has 0 aromatic heterocycles. The number of hydrogen-bond acceptors (Lipinski definition) is 3. The average molecular weight is 302 g/mol. The first-order valence-electron chi connectivity index (χ1n) is 8.48. The number of ether oxygens (including phenoxy) is 1. The summed E-state index contributed by atoms with van der Waals surface area (Å²) in [6.45, 7) is 5.56. The molecule has 22 heavy (non-hydrogen) atoms. The molecule has 1 heterocycles. The average Bonchev–Trinajstić information content (AvgIpc) is 3.29. The monoisotopic (exact) mass is 302 g/mol. The van der Waals surface area contributed by atoms with Gasteiger partial charge in [-0.15, -0.1) is 0 Å². The summed E-state index contributed by atoms with van der Waals surface area (Å²) in [4.78, 5) is 14.0.